The molecule has 0 aliphatic carbocycles. The van der Waals surface area contributed by atoms with Gasteiger partial charge in [0, 0.05) is 16.8 Å². The molecule has 28 heavy (non-hydrogen) atoms. The maximum atomic E-state index is 12.4. The van der Waals surface area contributed by atoms with Crippen LogP contribution < -0.4 is 10.1 Å². The molecule has 0 bridgehead atoms. The Labute approximate surface area is 160 Å². The minimum absolute atomic E-state index is 0.0840. The van der Waals surface area contributed by atoms with Crippen LogP contribution in [0.2, 0.25) is 0 Å². The van der Waals surface area contributed by atoms with E-state index in [0.29, 0.717) is 5.69 Å². The molecule has 1 aromatic heterocycles. The number of anilines is 1. The Balaban J connectivity index is 1.68. The molecule has 0 aliphatic heterocycles. The summed E-state index contributed by atoms with van der Waals surface area (Å²) in [5, 5.41) is 3.75. The van der Waals surface area contributed by atoms with Gasteiger partial charge in [-0.05, 0) is 55.3 Å². The zero-order valence-corrected chi connectivity index (χ0v) is 15.4. The Kier molecular flexibility index (Phi) is 5.53. The van der Waals surface area contributed by atoms with Gasteiger partial charge in [-0.2, -0.15) is 13.2 Å². The van der Waals surface area contributed by atoms with Crippen LogP contribution in [-0.2, 0) is 11.2 Å². The Hall–Kier alpha value is -3.09. The van der Waals surface area contributed by atoms with E-state index in [0.717, 1.165) is 27.7 Å². The number of nitrogens with zero attached hydrogens (tertiary/aromatic N) is 1. The zero-order chi connectivity index (χ0) is 20.3. The van der Waals surface area contributed by atoms with Crippen molar-refractivity contribution in [3.63, 3.8) is 0 Å². The Morgan fingerprint density at radius 2 is 1.75 bits per heavy atom. The first-order chi connectivity index (χ1) is 13.2. The smallest absolute Gasteiger partial charge is 0.422 e. The largest absolute Gasteiger partial charge is 0.484 e. The van der Waals surface area contributed by atoms with Crippen molar-refractivity contribution in [1.29, 1.82) is 0 Å². The number of carbonyl (C=O) groups is 1. The number of fused-ring (bicyclic) bond motifs is 1. The van der Waals surface area contributed by atoms with Crippen molar-refractivity contribution in [3.05, 3.63) is 65.4 Å². The molecule has 2 aromatic carbocycles. The number of aromatic nitrogens is 1. The summed E-state index contributed by atoms with van der Waals surface area (Å²) in [6.07, 6.45) is -4.24. The number of pyridine rings is 1. The summed E-state index contributed by atoms with van der Waals surface area (Å²) in [6, 6.07) is 13.5. The van der Waals surface area contributed by atoms with Crippen molar-refractivity contribution in [2.75, 3.05) is 11.9 Å². The highest BCUT2D eigenvalue weighted by atomic mass is 19.4. The molecule has 0 radical (unpaired) electrons. The lowest BCUT2D eigenvalue weighted by Gasteiger charge is -2.13. The molecule has 0 aliphatic rings. The molecule has 3 aromatic rings. The number of halogens is 3. The minimum Gasteiger partial charge on any atom is -0.484 e. The second kappa shape index (κ2) is 7.88. The van der Waals surface area contributed by atoms with Crippen LogP contribution in [-0.4, -0.2) is 23.7 Å². The normalized spacial score (nSPS) is 11.5. The van der Waals surface area contributed by atoms with Gasteiger partial charge in [0.2, 0.25) is 5.91 Å². The van der Waals surface area contributed by atoms with E-state index in [1.54, 1.807) is 0 Å². The molecule has 0 spiro atoms. The molecule has 1 N–H and O–H groups in total. The fourth-order valence-corrected chi connectivity index (χ4v) is 3.00. The van der Waals surface area contributed by atoms with Gasteiger partial charge in [-0.1, -0.05) is 18.2 Å². The number of nitrogens with one attached hydrogen (secondary N) is 1. The summed E-state index contributed by atoms with van der Waals surface area (Å²) in [7, 11) is 0. The van der Waals surface area contributed by atoms with E-state index < -0.39 is 12.8 Å². The molecule has 0 atom stereocenters. The Morgan fingerprint density at radius 3 is 2.43 bits per heavy atom. The van der Waals surface area contributed by atoms with E-state index in [2.05, 4.69) is 15.0 Å². The second-order valence-corrected chi connectivity index (χ2v) is 6.47. The van der Waals surface area contributed by atoms with E-state index in [1.165, 1.54) is 24.3 Å². The quantitative estimate of drug-likeness (QED) is 0.671. The average molecular weight is 388 g/mol. The molecular weight excluding hydrogens is 369 g/mol. The van der Waals surface area contributed by atoms with Crippen molar-refractivity contribution in [2.24, 2.45) is 0 Å². The Bertz CT molecular complexity index is 999. The van der Waals surface area contributed by atoms with Crippen LogP contribution in [0.15, 0.2) is 48.5 Å². The van der Waals surface area contributed by atoms with Crippen LogP contribution in [0.25, 0.3) is 10.9 Å². The van der Waals surface area contributed by atoms with Gasteiger partial charge in [-0.15, -0.1) is 0 Å². The highest BCUT2D eigenvalue weighted by Gasteiger charge is 2.28. The first-order valence-corrected chi connectivity index (χ1v) is 8.67. The number of para-hydroxylation sites is 1. The number of carbonyl (C=O) groups excluding carboxylic acids is 1. The highest BCUT2D eigenvalue weighted by molar-refractivity contribution is 5.94. The van der Waals surface area contributed by atoms with Crippen LogP contribution in [0, 0.1) is 13.8 Å². The molecule has 0 unspecified atom stereocenters. The van der Waals surface area contributed by atoms with Crippen LogP contribution in [0.4, 0.5) is 18.9 Å². The molecule has 0 saturated heterocycles. The van der Waals surface area contributed by atoms with E-state index in [-0.39, 0.29) is 18.1 Å². The number of ether oxygens (including phenoxy) is 1. The zero-order valence-electron chi connectivity index (χ0n) is 15.4. The van der Waals surface area contributed by atoms with Crippen molar-refractivity contribution in [1.82, 2.24) is 4.98 Å². The number of rotatable bonds is 5. The lowest BCUT2D eigenvalue weighted by molar-refractivity contribution is -0.153. The molecular formula is C21H19F3N2O2. The van der Waals surface area contributed by atoms with E-state index in [1.807, 2.05) is 38.1 Å². The molecule has 0 fully saturated rings. The van der Waals surface area contributed by atoms with Crippen molar-refractivity contribution < 1.29 is 22.7 Å². The molecule has 1 amide bonds. The summed E-state index contributed by atoms with van der Waals surface area (Å²) in [6.45, 7) is 2.48. The highest BCUT2D eigenvalue weighted by Crippen LogP contribution is 2.24. The van der Waals surface area contributed by atoms with Gasteiger partial charge in [-0.25, -0.2) is 0 Å². The summed E-state index contributed by atoms with van der Waals surface area (Å²) in [4.78, 5) is 17.0. The third-order valence-electron chi connectivity index (χ3n) is 4.36. The molecule has 7 heteroatoms. The lowest BCUT2D eigenvalue weighted by Crippen LogP contribution is -2.19. The molecule has 146 valence electrons. The van der Waals surface area contributed by atoms with E-state index in [4.69, 9.17) is 0 Å². The summed E-state index contributed by atoms with van der Waals surface area (Å²) < 4.78 is 41.2. The number of hydrogen-bond donors (Lipinski definition) is 1. The van der Waals surface area contributed by atoms with Crippen LogP contribution in [0.5, 0.6) is 5.75 Å². The van der Waals surface area contributed by atoms with Crippen molar-refractivity contribution >= 4 is 22.5 Å². The topological polar surface area (TPSA) is 51.2 Å². The lowest BCUT2D eigenvalue weighted by atomic mass is 9.99. The third kappa shape index (κ3) is 4.79. The molecule has 1 heterocycles. The summed E-state index contributed by atoms with van der Waals surface area (Å²) in [5.41, 5.74) is 4.03. The number of benzene rings is 2. The van der Waals surface area contributed by atoms with Gasteiger partial charge in [0.15, 0.2) is 6.61 Å². The molecule has 0 saturated carbocycles. The van der Waals surface area contributed by atoms with Crippen LogP contribution in [0.1, 0.15) is 16.8 Å². The second-order valence-electron chi connectivity index (χ2n) is 6.47. The Morgan fingerprint density at radius 1 is 1.07 bits per heavy atom. The van der Waals surface area contributed by atoms with Gasteiger partial charge in [0.1, 0.15) is 5.75 Å². The molecule has 3 rings (SSSR count). The monoisotopic (exact) mass is 388 g/mol. The maximum absolute atomic E-state index is 12.4. The number of amides is 1. The van der Waals surface area contributed by atoms with Gasteiger partial charge < -0.3 is 10.1 Å². The first-order valence-electron chi connectivity index (χ1n) is 8.67. The van der Waals surface area contributed by atoms with E-state index >= 15 is 0 Å². The van der Waals surface area contributed by atoms with Gasteiger partial charge in [-0.3, -0.25) is 9.78 Å². The predicted octanol–water partition coefficient (Wildman–Crippen LogP) is 4.97. The first kappa shape index (κ1) is 19.7. The minimum atomic E-state index is -4.39. The van der Waals surface area contributed by atoms with Gasteiger partial charge in [0.05, 0.1) is 11.9 Å². The van der Waals surface area contributed by atoms with Gasteiger partial charge >= 0.3 is 6.18 Å². The average Bonchev–Trinajstić information content (AvgIpc) is 2.64. The number of aryl methyl sites for hydroxylation is 2. The van der Waals surface area contributed by atoms with Crippen LogP contribution in [0.3, 0.4) is 0 Å². The van der Waals surface area contributed by atoms with Crippen molar-refractivity contribution in [2.45, 2.75) is 26.4 Å². The fraction of sp³-hybridized carbons (Fsp3) is 0.238. The SMILES string of the molecule is Cc1nc2ccccc2c(C)c1CC(=O)Nc1ccc(OCC(F)(F)F)cc1. The maximum Gasteiger partial charge on any atom is 0.422 e. The predicted molar refractivity (Wildman–Crippen MR) is 102 cm³/mol. The number of hydrogen-bond acceptors (Lipinski definition) is 3. The van der Waals surface area contributed by atoms with E-state index in [9.17, 15) is 18.0 Å². The van der Waals surface area contributed by atoms with Gasteiger partial charge in [0.25, 0.3) is 0 Å². The third-order valence-corrected chi connectivity index (χ3v) is 4.36. The standard InChI is InChI=1S/C21H19F3N2O2/c1-13-17-5-3-4-6-19(17)25-14(2)18(13)11-20(27)26-15-7-9-16(10-8-15)28-12-21(22,23)24/h3-10H,11-12H2,1-2H3,(H,26,27). The summed E-state index contributed by atoms with van der Waals surface area (Å²) in [5.74, 6) is -0.145. The fourth-order valence-electron chi connectivity index (χ4n) is 3.00. The number of alkyl halides is 3. The molecule has 4 nitrogen and oxygen atoms in total. The van der Waals surface area contributed by atoms with Crippen LogP contribution >= 0.6 is 0 Å². The summed E-state index contributed by atoms with van der Waals surface area (Å²) >= 11 is 0. The van der Waals surface area contributed by atoms with Crippen molar-refractivity contribution in [3.8, 4) is 5.75 Å².